The van der Waals surface area contributed by atoms with E-state index in [0.29, 0.717) is 6.54 Å². The summed E-state index contributed by atoms with van der Waals surface area (Å²) >= 11 is 0. The summed E-state index contributed by atoms with van der Waals surface area (Å²) in [5, 5.41) is 13.7. The number of carbonyl (C=O) groups excluding carboxylic acids is 1. The standard InChI is InChI=1S/C15H26N6O/c1-4-21-11-17-19-14(21)9-16-15(22)18-13-5-7-20(8-6-13)10-12(2)3/h11,13H,2,4-10H2,1,3H3,(H2,16,18,22). The molecule has 1 aliphatic rings. The molecule has 0 unspecified atom stereocenters. The molecule has 1 aromatic rings. The van der Waals surface area contributed by atoms with E-state index in [2.05, 4.69) is 32.3 Å². The highest BCUT2D eigenvalue weighted by Gasteiger charge is 2.20. The number of rotatable bonds is 6. The van der Waals surface area contributed by atoms with E-state index in [9.17, 15) is 4.79 Å². The topological polar surface area (TPSA) is 75.1 Å². The van der Waals surface area contributed by atoms with Crippen molar-refractivity contribution in [2.75, 3.05) is 19.6 Å². The van der Waals surface area contributed by atoms with Gasteiger partial charge in [-0.2, -0.15) is 0 Å². The van der Waals surface area contributed by atoms with Crippen molar-refractivity contribution in [2.45, 2.75) is 45.8 Å². The van der Waals surface area contributed by atoms with Crippen molar-refractivity contribution in [3.8, 4) is 0 Å². The first-order chi connectivity index (χ1) is 10.6. The van der Waals surface area contributed by atoms with Gasteiger partial charge in [-0.1, -0.05) is 12.2 Å². The van der Waals surface area contributed by atoms with Gasteiger partial charge in [0.1, 0.15) is 6.33 Å². The zero-order chi connectivity index (χ0) is 15.9. The number of aryl methyl sites for hydroxylation is 1. The van der Waals surface area contributed by atoms with Gasteiger partial charge < -0.3 is 15.2 Å². The number of nitrogens with zero attached hydrogens (tertiary/aromatic N) is 4. The molecule has 0 aliphatic carbocycles. The second-order valence-corrected chi connectivity index (χ2v) is 5.87. The Morgan fingerprint density at radius 3 is 2.82 bits per heavy atom. The van der Waals surface area contributed by atoms with Crippen LogP contribution in [0.3, 0.4) is 0 Å². The minimum Gasteiger partial charge on any atom is -0.335 e. The van der Waals surface area contributed by atoms with Crippen LogP contribution in [-0.4, -0.2) is 51.4 Å². The van der Waals surface area contributed by atoms with Crippen LogP contribution in [0.15, 0.2) is 18.5 Å². The molecule has 1 saturated heterocycles. The number of likely N-dealkylation sites (tertiary alicyclic amines) is 1. The molecule has 0 saturated carbocycles. The maximum absolute atomic E-state index is 12.0. The molecule has 0 aromatic carbocycles. The zero-order valence-corrected chi connectivity index (χ0v) is 13.5. The second kappa shape index (κ2) is 7.93. The van der Waals surface area contributed by atoms with E-state index in [1.165, 1.54) is 5.57 Å². The van der Waals surface area contributed by atoms with Gasteiger partial charge in [0, 0.05) is 32.2 Å². The van der Waals surface area contributed by atoms with E-state index >= 15 is 0 Å². The van der Waals surface area contributed by atoms with E-state index < -0.39 is 0 Å². The van der Waals surface area contributed by atoms with Gasteiger partial charge in [-0.25, -0.2) is 4.79 Å². The summed E-state index contributed by atoms with van der Waals surface area (Å²) < 4.78 is 1.91. The van der Waals surface area contributed by atoms with E-state index in [1.807, 2.05) is 18.4 Å². The molecule has 0 bridgehead atoms. The molecule has 1 fully saturated rings. The lowest BCUT2D eigenvalue weighted by atomic mass is 10.0. The molecule has 1 aliphatic heterocycles. The van der Waals surface area contributed by atoms with Crippen molar-refractivity contribution in [1.29, 1.82) is 0 Å². The van der Waals surface area contributed by atoms with Crippen molar-refractivity contribution in [3.63, 3.8) is 0 Å². The van der Waals surface area contributed by atoms with Gasteiger partial charge in [-0.3, -0.25) is 4.90 Å². The zero-order valence-electron chi connectivity index (χ0n) is 13.5. The maximum Gasteiger partial charge on any atom is 0.315 e. The summed E-state index contributed by atoms with van der Waals surface area (Å²) in [6.45, 7) is 12.2. The second-order valence-electron chi connectivity index (χ2n) is 5.87. The average molecular weight is 306 g/mol. The van der Waals surface area contributed by atoms with Gasteiger partial charge in [-0.15, -0.1) is 10.2 Å². The van der Waals surface area contributed by atoms with Crippen molar-refractivity contribution in [3.05, 3.63) is 24.3 Å². The van der Waals surface area contributed by atoms with Crippen LogP contribution in [-0.2, 0) is 13.1 Å². The van der Waals surface area contributed by atoms with Crippen LogP contribution in [0, 0.1) is 0 Å². The summed E-state index contributed by atoms with van der Waals surface area (Å²) in [5.41, 5.74) is 1.18. The molecule has 0 spiro atoms. The SMILES string of the molecule is C=C(C)CN1CCC(NC(=O)NCc2nncn2CC)CC1. The summed E-state index contributed by atoms with van der Waals surface area (Å²) in [6.07, 6.45) is 3.63. The normalized spacial score (nSPS) is 16.5. The minimum absolute atomic E-state index is 0.135. The Kier molecular flexibility index (Phi) is 5.94. The Morgan fingerprint density at radius 2 is 2.18 bits per heavy atom. The van der Waals surface area contributed by atoms with E-state index in [1.54, 1.807) is 6.33 Å². The van der Waals surface area contributed by atoms with Crippen molar-refractivity contribution < 1.29 is 4.79 Å². The fourth-order valence-electron chi connectivity index (χ4n) is 2.69. The van der Waals surface area contributed by atoms with Crippen molar-refractivity contribution in [1.82, 2.24) is 30.3 Å². The van der Waals surface area contributed by atoms with Crippen molar-refractivity contribution in [2.24, 2.45) is 0 Å². The smallest absolute Gasteiger partial charge is 0.315 e. The largest absolute Gasteiger partial charge is 0.335 e. The molecule has 0 radical (unpaired) electrons. The lowest BCUT2D eigenvalue weighted by Gasteiger charge is -2.32. The molecule has 7 nitrogen and oxygen atoms in total. The third-order valence-electron chi connectivity index (χ3n) is 3.86. The third kappa shape index (κ3) is 4.84. The number of urea groups is 1. The Balaban J connectivity index is 1.69. The highest BCUT2D eigenvalue weighted by molar-refractivity contribution is 5.74. The lowest BCUT2D eigenvalue weighted by molar-refractivity contribution is 0.201. The molecule has 0 atom stereocenters. The lowest BCUT2D eigenvalue weighted by Crippen LogP contribution is -2.48. The van der Waals surface area contributed by atoms with Crippen LogP contribution in [0.1, 0.15) is 32.5 Å². The summed E-state index contributed by atoms with van der Waals surface area (Å²) in [7, 11) is 0. The van der Waals surface area contributed by atoms with Crippen LogP contribution in [0.4, 0.5) is 4.79 Å². The predicted molar refractivity (Wildman–Crippen MR) is 85.3 cm³/mol. The molecule has 2 amide bonds. The number of hydrogen-bond acceptors (Lipinski definition) is 4. The summed E-state index contributed by atoms with van der Waals surface area (Å²) in [5.74, 6) is 0.772. The van der Waals surface area contributed by atoms with Crippen LogP contribution >= 0.6 is 0 Å². The Morgan fingerprint density at radius 1 is 1.45 bits per heavy atom. The first-order valence-electron chi connectivity index (χ1n) is 7.86. The first kappa shape index (κ1) is 16.5. The number of aromatic nitrogens is 3. The molecule has 2 heterocycles. The minimum atomic E-state index is -0.135. The monoisotopic (exact) mass is 306 g/mol. The van der Waals surface area contributed by atoms with Crippen molar-refractivity contribution >= 4 is 6.03 Å². The molecule has 2 rings (SSSR count). The number of piperidine rings is 1. The predicted octanol–water partition coefficient (Wildman–Crippen LogP) is 1.14. The number of nitrogens with one attached hydrogen (secondary N) is 2. The molecular formula is C15H26N6O. The molecule has 7 heteroatoms. The summed E-state index contributed by atoms with van der Waals surface area (Å²) in [4.78, 5) is 14.3. The molecule has 22 heavy (non-hydrogen) atoms. The van der Waals surface area contributed by atoms with Gasteiger partial charge in [0.15, 0.2) is 5.82 Å². The quantitative estimate of drug-likeness (QED) is 0.773. The van der Waals surface area contributed by atoms with Crippen LogP contribution < -0.4 is 10.6 Å². The van der Waals surface area contributed by atoms with E-state index in [-0.39, 0.29) is 12.1 Å². The average Bonchev–Trinajstić information content (AvgIpc) is 2.94. The number of amides is 2. The highest BCUT2D eigenvalue weighted by Crippen LogP contribution is 2.11. The third-order valence-corrected chi connectivity index (χ3v) is 3.86. The van der Waals surface area contributed by atoms with Gasteiger partial charge in [0.2, 0.25) is 0 Å². The molecular weight excluding hydrogens is 280 g/mol. The summed E-state index contributed by atoms with van der Waals surface area (Å²) in [6, 6.07) is 0.106. The van der Waals surface area contributed by atoms with Crippen LogP contribution in [0.25, 0.3) is 0 Å². The fraction of sp³-hybridized carbons (Fsp3) is 0.667. The van der Waals surface area contributed by atoms with Gasteiger partial charge >= 0.3 is 6.03 Å². The first-order valence-corrected chi connectivity index (χ1v) is 7.86. The van der Waals surface area contributed by atoms with Gasteiger partial charge in [0.05, 0.1) is 6.54 Å². The molecule has 2 N–H and O–H groups in total. The maximum atomic E-state index is 12.0. The molecule has 122 valence electrons. The van der Waals surface area contributed by atoms with E-state index in [0.717, 1.165) is 44.8 Å². The van der Waals surface area contributed by atoms with E-state index in [4.69, 9.17) is 0 Å². The number of hydrogen-bond donors (Lipinski definition) is 2. The molecule has 1 aromatic heterocycles. The highest BCUT2D eigenvalue weighted by atomic mass is 16.2. The Labute approximate surface area is 131 Å². The van der Waals surface area contributed by atoms with Gasteiger partial charge in [-0.05, 0) is 26.7 Å². The van der Waals surface area contributed by atoms with Crippen LogP contribution in [0.2, 0.25) is 0 Å². The Bertz CT molecular complexity index is 504. The van der Waals surface area contributed by atoms with Crippen LogP contribution in [0.5, 0.6) is 0 Å². The van der Waals surface area contributed by atoms with Gasteiger partial charge in [0.25, 0.3) is 0 Å². The fourth-order valence-corrected chi connectivity index (χ4v) is 2.69. The number of carbonyl (C=O) groups is 1. The Hall–Kier alpha value is -1.89.